The second-order valence-electron chi connectivity index (χ2n) is 8.21. The van der Waals surface area contributed by atoms with Crippen LogP contribution in [0.25, 0.3) is 11.1 Å². The maximum atomic E-state index is 14.5. The molecule has 2 aromatic rings. The molecule has 164 valence electrons. The average Bonchev–Trinajstić information content (AvgIpc) is 2.77. The Balaban J connectivity index is 1.50. The van der Waals surface area contributed by atoms with Crippen LogP contribution in [0.15, 0.2) is 36.4 Å². The Morgan fingerprint density at radius 3 is 2.47 bits per heavy atom. The predicted molar refractivity (Wildman–Crippen MR) is 120 cm³/mol. The summed E-state index contributed by atoms with van der Waals surface area (Å²) in [5.74, 6) is 1.31. The number of rotatable bonds is 10. The van der Waals surface area contributed by atoms with Crippen LogP contribution < -0.4 is 9.47 Å². The van der Waals surface area contributed by atoms with Gasteiger partial charge in [-0.15, -0.1) is 0 Å². The van der Waals surface area contributed by atoms with Gasteiger partial charge >= 0.3 is 0 Å². The van der Waals surface area contributed by atoms with Gasteiger partial charge in [0.15, 0.2) is 11.6 Å². The number of halogens is 1. The van der Waals surface area contributed by atoms with Crippen molar-refractivity contribution in [2.45, 2.75) is 65.4 Å². The topological polar surface area (TPSA) is 27.7 Å². The highest BCUT2D eigenvalue weighted by Gasteiger charge is 2.22. The maximum absolute atomic E-state index is 14.5. The summed E-state index contributed by atoms with van der Waals surface area (Å²) in [6.45, 7) is 7.80. The van der Waals surface area contributed by atoms with E-state index in [1.165, 1.54) is 32.1 Å². The van der Waals surface area contributed by atoms with Gasteiger partial charge in [0, 0.05) is 5.92 Å². The summed E-state index contributed by atoms with van der Waals surface area (Å²) in [7, 11) is 0. The molecule has 30 heavy (non-hydrogen) atoms. The minimum Gasteiger partial charge on any atom is -0.493 e. The molecule has 1 aliphatic rings. The van der Waals surface area contributed by atoms with Gasteiger partial charge in [0.2, 0.25) is 0 Å². The molecule has 0 radical (unpaired) electrons. The number of ether oxygens (including phenoxy) is 3. The summed E-state index contributed by atoms with van der Waals surface area (Å²) in [5.41, 5.74) is 2.44. The first-order valence-corrected chi connectivity index (χ1v) is 11.4. The summed E-state index contributed by atoms with van der Waals surface area (Å²) in [6.07, 6.45) is 7.75. The van der Waals surface area contributed by atoms with Crippen molar-refractivity contribution in [2.24, 2.45) is 5.92 Å². The molecule has 1 fully saturated rings. The monoisotopic (exact) mass is 414 g/mol. The van der Waals surface area contributed by atoms with Gasteiger partial charge in [-0.05, 0) is 68.0 Å². The number of hydrogen-bond acceptors (Lipinski definition) is 3. The van der Waals surface area contributed by atoms with Crippen molar-refractivity contribution in [3.8, 4) is 22.6 Å². The molecule has 2 atom stereocenters. The zero-order valence-corrected chi connectivity index (χ0v) is 18.6. The van der Waals surface area contributed by atoms with E-state index >= 15 is 0 Å². The van der Waals surface area contributed by atoms with Crippen molar-refractivity contribution in [3.05, 3.63) is 47.8 Å². The van der Waals surface area contributed by atoms with E-state index in [0.717, 1.165) is 29.9 Å². The van der Waals surface area contributed by atoms with Crippen LogP contribution >= 0.6 is 0 Å². The molecule has 3 nitrogen and oxygen atoms in total. The summed E-state index contributed by atoms with van der Waals surface area (Å²) in [4.78, 5) is 0. The third-order valence-electron chi connectivity index (χ3n) is 5.90. The minimum atomic E-state index is -0.292. The van der Waals surface area contributed by atoms with E-state index < -0.39 is 0 Å². The molecule has 0 amide bonds. The van der Waals surface area contributed by atoms with Crippen molar-refractivity contribution in [1.82, 2.24) is 0 Å². The molecule has 3 rings (SSSR count). The summed E-state index contributed by atoms with van der Waals surface area (Å²) in [5, 5.41) is 0. The van der Waals surface area contributed by atoms with Gasteiger partial charge in [-0.2, -0.15) is 0 Å². The Morgan fingerprint density at radius 2 is 1.80 bits per heavy atom. The van der Waals surface area contributed by atoms with Crippen molar-refractivity contribution in [1.29, 1.82) is 0 Å². The molecule has 1 aliphatic heterocycles. The second-order valence-corrected chi connectivity index (χ2v) is 8.21. The zero-order valence-electron chi connectivity index (χ0n) is 18.6. The van der Waals surface area contributed by atoms with E-state index in [-0.39, 0.29) is 5.82 Å². The van der Waals surface area contributed by atoms with Gasteiger partial charge in [-0.1, -0.05) is 44.4 Å². The first-order chi connectivity index (χ1) is 14.6. The van der Waals surface area contributed by atoms with Crippen molar-refractivity contribution in [2.75, 3.05) is 19.8 Å². The largest absolute Gasteiger partial charge is 0.493 e. The standard InChI is InChI=1S/C26H35FO3/c1-4-6-7-8-22-12-9-20(17-29-22)18-30-23-13-10-21(11-14-23)24-15-16-25(28-5-2)26(27)19(24)3/h10-11,13-16,20,22H,4-9,12,17-18H2,1-3H3. The van der Waals surface area contributed by atoms with Gasteiger partial charge in [0.25, 0.3) is 0 Å². The molecule has 2 aromatic carbocycles. The molecule has 0 aliphatic carbocycles. The van der Waals surface area contributed by atoms with Gasteiger partial charge in [0.05, 0.1) is 25.9 Å². The van der Waals surface area contributed by atoms with E-state index in [0.29, 0.717) is 36.5 Å². The van der Waals surface area contributed by atoms with Crippen molar-refractivity contribution in [3.63, 3.8) is 0 Å². The van der Waals surface area contributed by atoms with E-state index in [1.807, 2.05) is 37.3 Å². The Morgan fingerprint density at radius 1 is 1.00 bits per heavy atom. The van der Waals surface area contributed by atoms with E-state index in [4.69, 9.17) is 14.2 Å². The summed E-state index contributed by atoms with van der Waals surface area (Å²) in [6, 6.07) is 11.5. The second kappa shape index (κ2) is 11.4. The Bertz CT molecular complexity index is 780. The number of unbranched alkanes of at least 4 members (excludes halogenated alkanes) is 2. The molecule has 2 unspecified atom stereocenters. The molecular formula is C26H35FO3. The Hall–Kier alpha value is -2.07. The molecule has 1 heterocycles. The van der Waals surface area contributed by atoms with Crippen LogP contribution in [0, 0.1) is 18.7 Å². The smallest absolute Gasteiger partial charge is 0.168 e. The van der Waals surface area contributed by atoms with Crippen LogP contribution in [-0.4, -0.2) is 25.9 Å². The van der Waals surface area contributed by atoms with Gasteiger partial charge in [-0.25, -0.2) is 4.39 Å². The van der Waals surface area contributed by atoms with Gasteiger partial charge in [-0.3, -0.25) is 0 Å². The van der Waals surface area contributed by atoms with Crippen LogP contribution in [0.5, 0.6) is 11.5 Å². The zero-order chi connectivity index (χ0) is 21.3. The Kier molecular flexibility index (Phi) is 8.56. The van der Waals surface area contributed by atoms with E-state index in [2.05, 4.69) is 6.92 Å². The SMILES string of the molecule is CCCCCC1CCC(COc2ccc(-c3ccc(OCC)c(F)c3C)cc2)CO1. The molecule has 0 spiro atoms. The van der Waals surface area contributed by atoms with Crippen molar-refractivity contribution >= 4 is 0 Å². The highest BCUT2D eigenvalue weighted by Crippen LogP contribution is 2.32. The first kappa shape index (κ1) is 22.6. The van der Waals surface area contributed by atoms with Gasteiger partial charge < -0.3 is 14.2 Å². The lowest BCUT2D eigenvalue weighted by Gasteiger charge is -2.29. The third-order valence-corrected chi connectivity index (χ3v) is 5.90. The molecule has 1 saturated heterocycles. The van der Waals surface area contributed by atoms with E-state index in [1.54, 1.807) is 13.0 Å². The quantitative estimate of drug-likeness (QED) is 0.394. The molecule has 0 aromatic heterocycles. The summed E-state index contributed by atoms with van der Waals surface area (Å²) < 4.78 is 31.9. The van der Waals surface area contributed by atoms with Crippen LogP contribution in [-0.2, 0) is 4.74 Å². The average molecular weight is 415 g/mol. The highest BCUT2D eigenvalue weighted by atomic mass is 19.1. The lowest BCUT2D eigenvalue weighted by Crippen LogP contribution is -2.29. The highest BCUT2D eigenvalue weighted by molar-refractivity contribution is 5.69. The Labute approximate surface area is 180 Å². The number of hydrogen-bond donors (Lipinski definition) is 0. The summed E-state index contributed by atoms with van der Waals surface area (Å²) >= 11 is 0. The molecule has 0 N–H and O–H groups in total. The normalized spacial score (nSPS) is 18.9. The number of benzene rings is 2. The fourth-order valence-electron chi connectivity index (χ4n) is 4.03. The minimum absolute atomic E-state index is 0.292. The lowest BCUT2D eigenvalue weighted by molar-refractivity contribution is -0.0314. The third kappa shape index (κ3) is 5.98. The van der Waals surface area contributed by atoms with Crippen LogP contribution in [0.1, 0.15) is 57.9 Å². The van der Waals surface area contributed by atoms with Crippen LogP contribution in [0.2, 0.25) is 0 Å². The predicted octanol–water partition coefficient (Wildman–Crippen LogP) is 6.95. The maximum Gasteiger partial charge on any atom is 0.168 e. The van der Waals surface area contributed by atoms with Crippen LogP contribution in [0.4, 0.5) is 4.39 Å². The molecule has 4 heteroatoms. The molecule has 0 bridgehead atoms. The fraction of sp³-hybridized carbons (Fsp3) is 0.538. The van der Waals surface area contributed by atoms with Crippen LogP contribution in [0.3, 0.4) is 0 Å². The molecule has 0 saturated carbocycles. The van der Waals surface area contributed by atoms with E-state index in [9.17, 15) is 4.39 Å². The fourth-order valence-corrected chi connectivity index (χ4v) is 4.03. The van der Waals surface area contributed by atoms with Crippen molar-refractivity contribution < 1.29 is 18.6 Å². The lowest BCUT2D eigenvalue weighted by atomic mass is 9.96. The molecular weight excluding hydrogens is 379 g/mol. The van der Waals surface area contributed by atoms with Gasteiger partial charge in [0.1, 0.15) is 5.75 Å². The first-order valence-electron chi connectivity index (χ1n) is 11.4.